The number of rotatable bonds is 7. The number of hydrogen-bond acceptors (Lipinski definition) is 7. The van der Waals surface area contributed by atoms with Gasteiger partial charge < -0.3 is 4.74 Å². The van der Waals surface area contributed by atoms with E-state index in [-0.39, 0.29) is 11.5 Å². The summed E-state index contributed by atoms with van der Waals surface area (Å²) in [6.45, 7) is 0. The van der Waals surface area contributed by atoms with Crippen LogP contribution < -0.4 is 10.2 Å². The summed E-state index contributed by atoms with van der Waals surface area (Å²) in [5.74, 6) is 0.0841. The fourth-order valence-electron chi connectivity index (χ4n) is 2.51. The summed E-state index contributed by atoms with van der Waals surface area (Å²) in [4.78, 5) is 20.4. The first-order valence-electron chi connectivity index (χ1n) is 8.80. The third-order valence-electron chi connectivity index (χ3n) is 4.08. The van der Waals surface area contributed by atoms with Gasteiger partial charge in [-0.3, -0.25) is 25.7 Å². The Morgan fingerprint density at radius 3 is 2.12 bits per heavy atom. The van der Waals surface area contributed by atoms with Crippen LogP contribution in [0.5, 0.6) is 11.5 Å². The molecular weight excluding hydrogens is 433 g/mol. The number of non-ortho nitro benzene ring substituents is 1. The van der Waals surface area contributed by atoms with Crippen molar-refractivity contribution in [3.05, 3.63) is 98.1 Å². The highest BCUT2D eigenvalue weighted by Gasteiger charge is 2.29. The second-order valence-corrected chi connectivity index (χ2v) is 6.28. The van der Waals surface area contributed by atoms with E-state index in [0.29, 0.717) is 11.3 Å². The molecule has 1 N–H and O–H groups in total. The first-order chi connectivity index (χ1) is 15.1. The second-order valence-electron chi connectivity index (χ2n) is 6.28. The number of nitrogens with zero attached hydrogens (tertiary/aromatic N) is 3. The molecule has 0 aliphatic heterocycles. The van der Waals surface area contributed by atoms with Crippen molar-refractivity contribution >= 4 is 23.3 Å². The fraction of sp³-hybridized carbons (Fsp3) is 0.0500. The van der Waals surface area contributed by atoms with Gasteiger partial charge in [0.05, 0.1) is 33.4 Å². The highest BCUT2D eigenvalue weighted by Crippen LogP contribution is 2.34. The maximum absolute atomic E-state index is 12.6. The molecular formula is C20H13F3N4O5. The minimum atomic E-state index is -4.42. The Morgan fingerprint density at radius 2 is 1.56 bits per heavy atom. The zero-order valence-electron chi connectivity index (χ0n) is 15.9. The van der Waals surface area contributed by atoms with Gasteiger partial charge in [0.15, 0.2) is 0 Å². The van der Waals surface area contributed by atoms with Crippen LogP contribution in [-0.4, -0.2) is 16.1 Å². The molecule has 12 heteroatoms. The van der Waals surface area contributed by atoms with Gasteiger partial charge in [0.2, 0.25) is 5.75 Å². The van der Waals surface area contributed by atoms with Crippen LogP contribution in [0.1, 0.15) is 11.1 Å². The number of hydrogen-bond donors (Lipinski definition) is 1. The number of alkyl halides is 3. The summed E-state index contributed by atoms with van der Waals surface area (Å²) in [6, 6.07) is 13.6. The molecule has 0 saturated carbocycles. The van der Waals surface area contributed by atoms with Gasteiger partial charge in [-0.1, -0.05) is 0 Å². The molecule has 0 saturated heterocycles. The molecule has 0 heterocycles. The molecule has 9 nitrogen and oxygen atoms in total. The average Bonchev–Trinajstić information content (AvgIpc) is 2.74. The molecule has 0 unspecified atom stereocenters. The molecule has 0 fully saturated rings. The summed E-state index contributed by atoms with van der Waals surface area (Å²) < 4.78 is 43.1. The van der Waals surface area contributed by atoms with Gasteiger partial charge in [0.1, 0.15) is 5.75 Å². The quantitative estimate of drug-likeness (QED) is 0.280. The predicted octanol–water partition coefficient (Wildman–Crippen LogP) is 5.76. The average molecular weight is 446 g/mol. The molecule has 0 atom stereocenters. The zero-order chi connectivity index (χ0) is 23.3. The molecule has 0 amide bonds. The van der Waals surface area contributed by atoms with Crippen molar-refractivity contribution in [2.75, 3.05) is 5.43 Å². The number of nitro benzene ring substituents is 2. The number of nitro groups is 2. The molecule has 0 aromatic heterocycles. The van der Waals surface area contributed by atoms with Crippen molar-refractivity contribution in [2.24, 2.45) is 5.10 Å². The highest BCUT2D eigenvalue weighted by molar-refractivity contribution is 5.80. The van der Waals surface area contributed by atoms with Crippen molar-refractivity contribution in [1.82, 2.24) is 0 Å². The van der Waals surface area contributed by atoms with E-state index >= 15 is 0 Å². The van der Waals surface area contributed by atoms with Gasteiger partial charge >= 0.3 is 11.9 Å². The van der Waals surface area contributed by atoms with Gasteiger partial charge in [-0.05, 0) is 60.2 Å². The highest BCUT2D eigenvalue weighted by atomic mass is 19.4. The van der Waals surface area contributed by atoms with Gasteiger partial charge in [-0.25, -0.2) is 0 Å². The Hall–Kier alpha value is -4.48. The summed E-state index contributed by atoms with van der Waals surface area (Å²) in [6.07, 6.45) is -3.00. The zero-order valence-corrected chi connectivity index (χ0v) is 15.9. The van der Waals surface area contributed by atoms with E-state index in [0.717, 1.165) is 30.3 Å². The lowest BCUT2D eigenvalue weighted by Crippen LogP contribution is -2.04. The topological polar surface area (TPSA) is 120 Å². The van der Waals surface area contributed by atoms with E-state index in [2.05, 4.69) is 10.5 Å². The SMILES string of the molecule is O=[N+]([O-])c1ccc(Oc2ccc(/C=N/Nc3ccc(C(F)(F)F)cc3)cc2)c([N+](=O)[O-])c1. The number of hydrazone groups is 1. The number of anilines is 1. The van der Waals surface area contributed by atoms with E-state index in [1.807, 2.05) is 0 Å². The van der Waals surface area contributed by atoms with Crippen LogP contribution in [0.4, 0.5) is 30.2 Å². The summed E-state index contributed by atoms with van der Waals surface area (Å²) in [7, 11) is 0. The van der Waals surface area contributed by atoms with Crippen LogP contribution in [0, 0.1) is 20.2 Å². The molecule has 0 bridgehead atoms. The molecule has 0 aliphatic carbocycles. The van der Waals surface area contributed by atoms with Gasteiger partial charge in [0, 0.05) is 6.07 Å². The smallest absolute Gasteiger partial charge is 0.416 e. The third-order valence-corrected chi connectivity index (χ3v) is 4.08. The summed E-state index contributed by atoms with van der Waals surface area (Å²) in [5, 5.41) is 25.9. The molecule has 0 spiro atoms. The maximum Gasteiger partial charge on any atom is 0.416 e. The van der Waals surface area contributed by atoms with Crippen molar-refractivity contribution in [3.63, 3.8) is 0 Å². The second kappa shape index (κ2) is 9.12. The van der Waals surface area contributed by atoms with Gasteiger partial charge in [-0.2, -0.15) is 18.3 Å². The van der Waals surface area contributed by atoms with Crippen LogP contribution in [0.15, 0.2) is 71.8 Å². The van der Waals surface area contributed by atoms with E-state index in [1.165, 1.54) is 30.5 Å². The monoisotopic (exact) mass is 446 g/mol. The van der Waals surface area contributed by atoms with Crippen LogP contribution in [0.25, 0.3) is 0 Å². The van der Waals surface area contributed by atoms with Crippen LogP contribution in [0.2, 0.25) is 0 Å². The lowest BCUT2D eigenvalue weighted by atomic mass is 10.2. The van der Waals surface area contributed by atoms with E-state index in [1.54, 1.807) is 12.1 Å². The molecule has 32 heavy (non-hydrogen) atoms. The minimum Gasteiger partial charge on any atom is -0.450 e. The standard InChI is InChI=1S/C20H13F3N4O5/c21-20(22,23)14-3-5-15(6-4-14)25-24-12-13-1-8-17(9-2-13)32-19-10-7-16(26(28)29)11-18(19)27(30)31/h1-12,25H/b24-12+. The van der Waals surface area contributed by atoms with Gasteiger partial charge in [0.25, 0.3) is 5.69 Å². The predicted molar refractivity (Wildman–Crippen MR) is 109 cm³/mol. The fourth-order valence-corrected chi connectivity index (χ4v) is 2.51. The van der Waals surface area contributed by atoms with Crippen molar-refractivity contribution in [2.45, 2.75) is 6.18 Å². The van der Waals surface area contributed by atoms with E-state index in [9.17, 15) is 33.4 Å². The van der Waals surface area contributed by atoms with Crippen LogP contribution in [-0.2, 0) is 6.18 Å². The third kappa shape index (κ3) is 5.56. The Balaban J connectivity index is 1.65. The normalized spacial score (nSPS) is 11.3. The maximum atomic E-state index is 12.6. The lowest BCUT2D eigenvalue weighted by Gasteiger charge is -2.07. The van der Waals surface area contributed by atoms with E-state index in [4.69, 9.17) is 4.74 Å². The van der Waals surface area contributed by atoms with E-state index < -0.39 is 33.0 Å². The Labute approximate surface area is 178 Å². The summed E-state index contributed by atoms with van der Waals surface area (Å²) >= 11 is 0. The van der Waals surface area contributed by atoms with Crippen LogP contribution >= 0.6 is 0 Å². The summed E-state index contributed by atoms with van der Waals surface area (Å²) in [5.41, 5.74) is 1.82. The number of benzene rings is 3. The first-order valence-corrected chi connectivity index (χ1v) is 8.80. The largest absolute Gasteiger partial charge is 0.450 e. The van der Waals surface area contributed by atoms with Crippen molar-refractivity contribution < 1.29 is 27.8 Å². The first kappa shape index (κ1) is 22.2. The number of halogens is 3. The Bertz CT molecular complexity index is 1160. The minimum absolute atomic E-state index is 0.161. The van der Waals surface area contributed by atoms with Crippen molar-refractivity contribution in [1.29, 1.82) is 0 Å². The van der Waals surface area contributed by atoms with Crippen molar-refractivity contribution in [3.8, 4) is 11.5 Å². The number of nitrogens with one attached hydrogen (secondary N) is 1. The Morgan fingerprint density at radius 1 is 0.906 bits per heavy atom. The molecule has 0 radical (unpaired) electrons. The Kier molecular flexibility index (Phi) is 6.33. The number of ether oxygens (including phenoxy) is 1. The van der Waals surface area contributed by atoms with Gasteiger partial charge in [-0.15, -0.1) is 0 Å². The molecule has 164 valence electrons. The van der Waals surface area contributed by atoms with Crippen LogP contribution in [0.3, 0.4) is 0 Å². The molecule has 3 aromatic carbocycles. The molecule has 0 aliphatic rings. The molecule has 3 rings (SSSR count). The lowest BCUT2D eigenvalue weighted by molar-refractivity contribution is -0.394. The molecule has 3 aromatic rings.